The van der Waals surface area contributed by atoms with Crippen molar-refractivity contribution in [2.24, 2.45) is 0 Å². The summed E-state index contributed by atoms with van der Waals surface area (Å²) in [7, 11) is 0. The van der Waals surface area contributed by atoms with E-state index < -0.39 is 0 Å². The third-order valence-corrected chi connectivity index (χ3v) is 4.20. The number of aryl methyl sites for hydroxylation is 1. The third-order valence-electron chi connectivity index (χ3n) is 3.87. The van der Waals surface area contributed by atoms with Gasteiger partial charge in [-0.15, -0.1) is 0 Å². The van der Waals surface area contributed by atoms with E-state index in [1.807, 2.05) is 31.3 Å². The number of anilines is 2. The molecule has 0 bridgehead atoms. The fraction of sp³-hybridized carbons (Fsp3) is 0.222. The Bertz CT molecular complexity index is 879. The molecule has 3 aromatic heterocycles. The summed E-state index contributed by atoms with van der Waals surface area (Å²) in [4.78, 5) is 17.1. The average molecular weight is 340 g/mol. The molecule has 0 aliphatic carbocycles. The highest BCUT2D eigenvalue weighted by Crippen LogP contribution is 2.30. The lowest BCUT2D eigenvalue weighted by Crippen LogP contribution is -1.99. The van der Waals surface area contributed by atoms with Gasteiger partial charge in [0.05, 0.1) is 0 Å². The highest BCUT2D eigenvalue weighted by Gasteiger charge is 2.11. The van der Waals surface area contributed by atoms with Gasteiger partial charge < -0.3 is 5.32 Å². The maximum Gasteiger partial charge on any atom is 0.135 e. The van der Waals surface area contributed by atoms with Gasteiger partial charge in [-0.3, -0.25) is 0 Å². The van der Waals surface area contributed by atoms with E-state index in [1.54, 1.807) is 12.4 Å². The Morgan fingerprint density at radius 2 is 1.83 bits per heavy atom. The molecule has 0 amide bonds. The maximum atomic E-state index is 6.19. The molecule has 3 rings (SSSR count). The van der Waals surface area contributed by atoms with E-state index in [2.05, 4.69) is 39.1 Å². The first-order chi connectivity index (χ1) is 11.6. The smallest absolute Gasteiger partial charge is 0.135 e. The minimum Gasteiger partial charge on any atom is -0.325 e. The van der Waals surface area contributed by atoms with Gasteiger partial charge >= 0.3 is 0 Å². The summed E-state index contributed by atoms with van der Waals surface area (Å²) in [6.45, 7) is 6.00. The van der Waals surface area contributed by atoms with Crippen molar-refractivity contribution in [3.8, 4) is 11.1 Å². The first-order valence-corrected chi connectivity index (χ1v) is 8.13. The predicted molar refractivity (Wildman–Crippen MR) is 96.6 cm³/mol. The van der Waals surface area contributed by atoms with Crippen LogP contribution >= 0.6 is 11.6 Å². The standard InChI is InChI=1S/C18H18ClN5/c1-4-14-11(2)15(10-22-18(14)19)13-5-7-21-17(9-13)24-16-6-8-20-12(3)23-16/h5-10H,4H2,1-3H3,(H,20,21,23,24). The molecule has 0 unspecified atom stereocenters. The van der Waals surface area contributed by atoms with Gasteiger partial charge in [-0.2, -0.15) is 0 Å². The molecule has 6 heteroatoms. The lowest BCUT2D eigenvalue weighted by atomic mass is 9.99. The van der Waals surface area contributed by atoms with Crippen LogP contribution in [0.5, 0.6) is 0 Å². The molecule has 0 aromatic carbocycles. The molecule has 24 heavy (non-hydrogen) atoms. The van der Waals surface area contributed by atoms with Crippen molar-refractivity contribution < 1.29 is 0 Å². The Kier molecular flexibility index (Phi) is 4.71. The summed E-state index contributed by atoms with van der Waals surface area (Å²) in [5.74, 6) is 2.15. The number of halogens is 1. The minimum absolute atomic E-state index is 0.572. The van der Waals surface area contributed by atoms with Crippen LogP contribution in [0.1, 0.15) is 23.9 Å². The largest absolute Gasteiger partial charge is 0.325 e. The summed E-state index contributed by atoms with van der Waals surface area (Å²) in [5.41, 5.74) is 4.31. The second kappa shape index (κ2) is 6.93. The molecule has 0 saturated heterocycles. The first kappa shape index (κ1) is 16.3. The molecular formula is C18H18ClN5. The molecule has 0 atom stereocenters. The van der Waals surface area contributed by atoms with Crippen molar-refractivity contribution in [1.82, 2.24) is 19.9 Å². The zero-order chi connectivity index (χ0) is 17.1. The molecule has 122 valence electrons. The zero-order valence-electron chi connectivity index (χ0n) is 13.8. The Labute approximate surface area is 146 Å². The number of pyridine rings is 2. The van der Waals surface area contributed by atoms with Crippen molar-refractivity contribution in [2.75, 3.05) is 5.32 Å². The topological polar surface area (TPSA) is 63.6 Å². The lowest BCUT2D eigenvalue weighted by molar-refractivity contribution is 1.05. The molecule has 0 saturated carbocycles. The van der Waals surface area contributed by atoms with Crippen LogP contribution in [0, 0.1) is 13.8 Å². The van der Waals surface area contributed by atoms with E-state index in [1.165, 1.54) is 0 Å². The SMILES string of the molecule is CCc1c(Cl)ncc(-c2ccnc(Nc3ccnc(C)n3)c2)c1C. The van der Waals surface area contributed by atoms with E-state index in [4.69, 9.17) is 11.6 Å². The molecule has 3 aromatic rings. The van der Waals surface area contributed by atoms with E-state index in [0.29, 0.717) is 16.8 Å². The Balaban J connectivity index is 1.97. The van der Waals surface area contributed by atoms with Gasteiger partial charge in [-0.05, 0) is 55.2 Å². The van der Waals surface area contributed by atoms with Gasteiger partial charge in [0.1, 0.15) is 22.6 Å². The van der Waals surface area contributed by atoms with Crippen LogP contribution < -0.4 is 5.32 Å². The van der Waals surface area contributed by atoms with Crippen LogP contribution in [0.25, 0.3) is 11.1 Å². The molecule has 0 fully saturated rings. The molecule has 0 radical (unpaired) electrons. The van der Waals surface area contributed by atoms with Gasteiger partial charge in [-0.1, -0.05) is 18.5 Å². The third kappa shape index (κ3) is 3.36. The first-order valence-electron chi connectivity index (χ1n) is 7.75. The summed E-state index contributed by atoms with van der Waals surface area (Å²) in [6, 6.07) is 5.76. The highest BCUT2D eigenvalue weighted by atomic mass is 35.5. The molecule has 3 heterocycles. The van der Waals surface area contributed by atoms with E-state index in [-0.39, 0.29) is 0 Å². The van der Waals surface area contributed by atoms with Crippen LogP contribution in [-0.4, -0.2) is 19.9 Å². The van der Waals surface area contributed by atoms with Gasteiger partial charge in [0, 0.05) is 24.2 Å². The van der Waals surface area contributed by atoms with Crippen LogP contribution in [0.4, 0.5) is 11.6 Å². The van der Waals surface area contributed by atoms with Crippen molar-refractivity contribution in [3.63, 3.8) is 0 Å². The number of hydrogen-bond donors (Lipinski definition) is 1. The Morgan fingerprint density at radius 3 is 2.58 bits per heavy atom. The zero-order valence-corrected chi connectivity index (χ0v) is 14.6. The summed E-state index contributed by atoms with van der Waals surface area (Å²) < 4.78 is 0. The average Bonchev–Trinajstić information content (AvgIpc) is 2.55. The molecule has 5 nitrogen and oxygen atoms in total. The van der Waals surface area contributed by atoms with Gasteiger partial charge in [0.15, 0.2) is 0 Å². The van der Waals surface area contributed by atoms with Crippen molar-refractivity contribution in [1.29, 1.82) is 0 Å². The van der Waals surface area contributed by atoms with Crippen molar-refractivity contribution in [3.05, 3.63) is 58.9 Å². The normalized spacial score (nSPS) is 10.7. The molecule has 0 spiro atoms. The van der Waals surface area contributed by atoms with E-state index in [9.17, 15) is 0 Å². The number of aromatic nitrogens is 4. The van der Waals surface area contributed by atoms with Gasteiger partial charge in [0.25, 0.3) is 0 Å². The van der Waals surface area contributed by atoms with E-state index >= 15 is 0 Å². The van der Waals surface area contributed by atoms with Crippen LogP contribution in [0.3, 0.4) is 0 Å². The Hall–Kier alpha value is -2.53. The molecule has 1 N–H and O–H groups in total. The number of nitrogens with zero attached hydrogens (tertiary/aromatic N) is 4. The molecular weight excluding hydrogens is 322 g/mol. The number of rotatable bonds is 4. The highest BCUT2D eigenvalue weighted by molar-refractivity contribution is 6.30. The number of hydrogen-bond acceptors (Lipinski definition) is 5. The van der Waals surface area contributed by atoms with Crippen LogP contribution in [0.15, 0.2) is 36.8 Å². The number of nitrogens with one attached hydrogen (secondary N) is 1. The van der Waals surface area contributed by atoms with E-state index in [0.717, 1.165) is 34.5 Å². The lowest BCUT2D eigenvalue weighted by Gasteiger charge is -2.12. The second-order valence-electron chi connectivity index (χ2n) is 5.46. The fourth-order valence-corrected chi connectivity index (χ4v) is 2.96. The minimum atomic E-state index is 0.572. The van der Waals surface area contributed by atoms with Gasteiger partial charge in [0.2, 0.25) is 0 Å². The van der Waals surface area contributed by atoms with Crippen molar-refractivity contribution >= 4 is 23.2 Å². The Morgan fingerprint density at radius 1 is 1.04 bits per heavy atom. The quantitative estimate of drug-likeness (QED) is 0.708. The summed E-state index contributed by atoms with van der Waals surface area (Å²) in [5, 5.41) is 3.78. The van der Waals surface area contributed by atoms with Crippen LogP contribution in [-0.2, 0) is 6.42 Å². The molecule has 0 aliphatic heterocycles. The van der Waals surface area contributed by atoms with Gasteiger partial charge in [-0.25, -0.2) is 19.9 Å². The second-order valence-corrected chi connectivity index (χ2v) is 5.82. The van der Waals surface area contributed by atoms with Crippen molar-refractivity contribution in [2.45, 2.75) is 27.2 Å². The fourth-order valence-electron chi connectivity index (χ4n) is 2.64. The summed E-state index contributed by atoms with van der Waals surface area (Å²) >= 11 is 6.19. The summed E-state index contributed by atoms with van der Waals surface area (Å²) in [6.07, 6.45) is 6.15. The predicted octanol–water partition coefficient (Wildman–Crippen LogP) is 4.51. The monoisotopic (exact) mass is 339 g/mol. The van der Waals surface area contributed by atoms with Crippen LogP contribution in [0.2, 0.25) is 5.15 Å². The maximum absolute atomic E-state index is 6.19. The molecule has 0 aliphatic rings.